The number of nitrogens with zero attached hydrogens (tertiary/aromatic N) is 2. The number of aliphatic imine (C=N–C) groups is 1. The summed E-state index contributed by atoms with van der Waals surface area (Å²) >= 11 is 0. The van der Waals surface area contributed by atoms with Crippen LogP contribution in [-0.4, -0.2) is 51.3 Å². The summed E-state index contributed by atoms with van der Waals surface area (Å²) < 4.78 is 20.0. The first-order valence-corrected chi connectivity index (χ1v) is 10.2. The zero-order valence-electron chi connectivity index (χ0n) is 18.3. The molecular weight excluding hydrogens is 355 g/mol. The van der Waals surface area contributed by atoms with Gasteiger partial charge in [-0.15, -0.1) is 0 Å². The number of guanidine groups is 1. The maximum atomic E-state index is 14.0. The van der Waals surface area contributed by atoms with Gasteiger partial charge in [-0.3, -0.25) is 4.99 Å². The third-order valence-corrected chi connectivity index (χ3v) is 5.11. The Hall–Kier alpha value is -1.66. The molecule has 28 heavy (non-hydrogen) atoms. The van der Waals surface area contributed by atoms with Gasteiger partial charge in [0.25, 0.3) is 0 Å². The fraction of sp³-hybridized carbons (Fsp3) is 0.682. The zero-order chi connectivity index (χ0) is 20.7. The Balaban J connectivity index is 1.91. The van der Waals surface area contributed by atoms with Gasteiger partial charge < -0.3 is 20.3 Å². The number of hydrogen-bond acceptors (Lipinski definition) is 3. The Kier molecular flexibility index (Phi) is 8.25. The highest BCUT2D eigenvalue weighted by Crippen LogP contribution is 2.33. The number of ether oxygens (including phenoxy) is 1. The molecule has 0 aromatic heterocycles. The first kappa shape index (κ1) is 22.6. The van der Waals surface area contributed by atoms with Crippen molar-refractivity contribution in [3.8, 4) is 0 Å². The second-order valence-corrected chi connectivity index (χ2v) is 9.03. The van der Waals surface area contributed by atoms with Crippen LogP contribution in [0.3, 0.4) is 0 Å². The molecule has 0 amide bonds. The maximum Gasteiger partial charge on any atom is 0.191 e. The first-order valence-electron chi connectivity index (χ1n) is 10.2. The zero-order valence-corrected chi connectivity index (χ0v) is 18.3. The van der Waals surface area contributed by atoms with Gasteiger partial charge in [-0.05, 0) is 50.0 Å². The van der Waals surface area contributed by atoms with E-state index in [1.54, 1.807) is 13.1 Å². The summed E-state index contributed by atoms with van der Waals surface area (Å²) in [6.45, 7) is 9.59. The second-order valence-electron chi connectivity index (χ2n) is 9.03. The van der Waals surface area contributed by atoms with Crippen molar-refractivity contribution >= 4 is 5.96 Å². The SMILES string of the molecule is CN=C(NCc1ccc(F)c(CN(C)C)c1)NCC1CCCOC1C(C)(C)C. The van der Waals surface area contributed by atoms with Crippen LogP contribution in [-0.2, 0) is 17.8 Å². The van der Waals surface area contributed by atoms with E-state index in [9.17, 15) is 4.39 Å². The summed E-state index contributed by atoms with van der Waals surface area (Å²) in [6.07, 6.45) is 2.52. The van der Waals surface area contributed by atoms with E-state index in [4.69, 9.17) is 4.74 Å². The van der Waals surface area contributed by atoms with Crippen LogP contribution >= 0.6 is 0 Å². The van der Waals surface area contributed by atoms with E-state index in [1.807, 2.05) is 31.1 Å². The number of halogens is 1. The molecular formula is C22H37FN4O. The lowest BCUT2D eigenvalue weighted by molar-refractivity contribution is -0.0835. The van der Waals surface area contributed by atoms with Crippen LogP contribution in [0.5, 0.6) is 0 Å². The van der Waals surface area contributed by atoms with Crippen LogP contribution in [0.25, 0.3) is 0 Å². The van der Waals surface area contributed by atoms with E-state index >= 15 is 0 Å². The summed E-state index contributed by atoms with van der Waals surface area (Å²) in [5, 5.41) is 6.79. The van der Waals surface area contributed by atoms with Crippen molar-refractivity contribution in [3.63, 3.8) is 0 Å². The van der Waals surface area contributed by atoms with E-state index in [0.29, 0.717) is 24.6 Å². The molecule has 2 rings (SSSR count). The first-order chi connectivity index (χ1) is 13.2. The van der Waals surface area contributed by atoms with Gasteiger partial charge in [-0.2, -0.15) is 0 Å². The summed E-state index contributed by atoms with van der Waals surface area (Å²) in [5.41, 5.74) is 1.87. The van der Waals surface area contributed by atoms with E-state index in [1.165, 1.54) is 0 Å². The minimum Gasteiger partial charge on any atom is -0.377 e. The average Bonchev–Trinajstić information content (AvgIpc) is 2.63. The molecule has 0 bridgehead atoms. The normalized spacial score (nSPS) is 21.1. The molecule has 0 radical (unpaired) electrons. The van der Waals surface area contributed by atoms with Gasteiger partial charge in [0, 0.05) is 44.8 Å². The molecule has 1 fully saturated rings. The summed E-state index contributed by atoms with van der Waals surface area (Å²) in [5.74, 6) is 1.06. The van der Waals surface area contributed by atoms with Crippen molar-refractivity contribution in [2.24, 2.45) is 16.3 Å². The molecule has 1 aromatic rings. The number of rotatable bonds is 6. The summed E-state index contributed by atoms with van der Waals surface area (Å²) in [4.78, 5) is 6.30. The van der Waals surface area contributed by atoms with Gasteiger partial charge in [0.2, 0.25) is 0 Å². The highest BCUT2D eigenvalue weighted by Gasteiger charge is 2.35. The summed E-state index contributed by atoms with van der Waals surface area (Å²) in [7, 11) is 5.65. The van der Waals surface area contributed by atoms with E-state index in [-0.39, 0.29) is 17.3 Å². The third-order valence-electron chi connectivity index (χ3n) is 5.11. The molecule has 1 aromatic carbocycles. The topological polar surface area (TPSA) is 48.9 Å². The van der Waals surface area contributed by atoms with Gasteiger partial charge in [0.05, 0.1) is 6.10 Å². The van der Waals surface area contributed by atoms with Crippen molar-refractivity contribution in [2.75, 3.05) is 34.3 Å². The molecule has 2 unspecified atom stereocenters. The largest absolute Gasteiger partial charge is 0.377 e. The minimum absolute atomic E-state index is 0.126. The summed E-state index contributed by atoms with van der Waals surface area (Å²) in [6, 6.07) is 5.28. The Morgan fingerprint density at radius 2 is 2.04 bits per heavy atom. The molecule has 1 aliphatic rings. The molecule has 0 saturated carbocycles. The van der Waals surface area contributed by atoms with Crippen LogP contribution in [0.15, 0.2) is 23.2 Å². The Labute approximate surface area is 169 Å². The lowest BCUT2D eigenvalue weighted by atomic mass is 9.78. The average molecular weight is 393 g/mol. The van der Waals surface area contributed by atoms with Crippen LogP contribution in [0.4, 0.5) is 4.39 Å². The third kappa shape index (κ3) is 6.74. The van der Waals surface area contributed by atoms with E-state index in [0.717, 1.165) is 37.5 Å². The predicted molar refractivity (Wildman–Crippen MR) is 114 cm³/mol. The van der Waals surface area contributed by atoms with E-state index < -0.39 is 0 Å². The highest BCUT2D eigenvalue weighted by molar-refractivity contribution is 5.79. The molecule has 0 aliphatic carbocycles. The molecule has 0 spiro atoms. The van der Waals surface area contributed by atoms with Gasteiger partial charge in [0.1, 0.15) is 5.82 Å². The van der Waals surface area contributed by atoms with Crippen LogP contribution < -0.4 is 10.6 Å². The molecule has 1 heterocycles. The van der Waals surface area contributed by atoms with Crippen molar-refractivity contribution < 1.29 is 9.13 Å². The Bertz CT molecular complexity index is 654. The molecule has 2 N–H and O–H groups in total. The lowest BCUT2D eigenvalue weighted by Gasteiger charge is -2.40. The molecule has 1 saturated heterocycles. The fourth-order valence-electron chi connectivity index (χ4n) is 3.84. The molecule has 158 valence electrons. The minimum atomic E-state index is -0.162. The smallest absolute Gasteiger partial charge is 0.191 e. The molecule has 5 nitrogen and oxygen atoms in total. The van der Waals surface area contributed by atoms with Crippen molar-refractivity contribution in [2.45, 2.75) is 52.8 Å². The molecule has 2 atom stereocenters. The molecule has 6 heteroatoms. The molecule has 1 aliphatic heterocycles. The van der Waals surface area contributed by atoms with Crippen molar-refractivity contribution in [1.29, 1.82) is 0 Å². The van der Waals surface area contributed by atoms with Gasteiger partial charge >= 0.3 is 0 Å². The van der Waals surface area contributed by atoms with Gasteiger partial charge in [0.15, 0.2) is 5.96 Å². The van der Waals surface area contributed by atoms with Crippen molar-refractivity contribution in [1.82, 2.24) is 15.5 Å². The second kappa shape index (κ2) is 10.2. The van der Waals surface area contributed by atoms with Crippen LogP contribution in [0.2, 0.25) is 0 Å². The maximum absolute atomic E-state index is 14.0. The van der Waals surface area contributed by atoms with Crippen LogP contribution in [0, 0.1) is 17.2 Å². The van der Waals surface area contributed by atoms with Gasteiger partial charge in [-0.1, -0.05) is 26.8 Å². The number of hydrogen-bond donors (Lipinski definition) is 2. The van der Waals surface area contributed by atoms with Crippen molar-refractivity contribution in [3.05, 3.63) is 35.1 Å². The fourth-order valence-corrected chi connectivity index (χ4v) is 3.84. The number of nitrogens with one attached hydrogen (secondary N) is 2. The van der Waals surface area contributed by atoms with Crippen LogP contribution in [0.1, 0.15) is 44.7 Å². The van der Waals surface area contributed by atoms with E-state index in [2.05, 4.69) is 36.4 Å². The quantitative estimate of drug-likeness (QED) is 0.576. The predicted octanol–water partition coefficient (Wildman–Crippen LogP) is 3.39. The highest BCUT2D eigenvalue weighted by atomic mass is 19.1. The number of benzene rings is 1. The van der Waals surface area contributed by atoms with Gasteiger partial charge in [-0.25, -0.2) is 4.39 Å². The lowest BCUT2D eigenvalue weighted by Crippen LogP contribution is -2.47. The Morgan fingerprint density at radius 1 is 1.29 bits per heavy atom. The monoisotopic (exact) mass is 392 g/mol. The Morgan fingerprint density at radius 3 is 2.68 bits per heavy atom. The standard InChI is InChI=1S/C22H37FN4O/c1-22(2,3)20-17(8-7-11-28-20)14-26-21(24-4)25-13-16-9-10-19(23)18(12-16)15-27(5)6/h9-10,12,17,20H,7-8,11,13-15H2,1-6H3,(H2,24,25,26).